The Kier molecular flexibility index (Phi) is 2.66. The lowest BCUT2D eigenvalue weighted by molar-refractivity contribution is -0.384. The fourth-order valence-corrected chi connectivity index (χ4v) is 1.78. The normalized spacial score (nSPS) is 10.4. The summed E-state index contributed by atoms with van der Waals surface area (Å²) in [5, 5.41) is 11.3. The highest BCUT2D eigenvalue weighted by Crippen LogP contribution is 2.33. The van der Waals surface area contributed by atoms with Crippen molar-refractivity contribution in [3.8, 4) is 11.1 Å². The van der Waals surface area contributed by atoms with Crippen LogP contribution in [0.15, 0.2) is 30.6 Å². The molecule has 0 aliphatic carbocycles. The average molecular weight is 237 g/mol. The van der Waals surface area contributed by atoms with Crippen LogP contribution in [-0.4, -0.2) is 9.91 Å². The van der Waals surface area contributed by atoms with Gasteiger partial charge in [-0.1, -0.05) is 11.6 Å². The van der Waals surface area contributed by atoms with Gasteiger partial charge in [0.15, 0.2) is 0 Å². The van der Waals surface area contributed by atoms with E-state index in [2.05, 4.69) is 4.98 Å². The molecule has 1 aromatic heterocycles. The highest BCUT2D eigenvalue weighted by atomic mass is 35.5. The lowest BCUT2D eigenvalue weighted by Crippen LogP contribution is -1.92. The first-order valence-electron chi connectivity index (χ1n) is 4.67. The second kappa shape index (κ2) is 3.98. The molecule has 0 saturated carbocycles. The summed E-state index contributed by atoms with van der Waals surface area (Å²) in [6.07, 6.45) is 3.54. The Labute approximate surface area is 97.0 Å². The van der Waals surface area contributed by atoms with E-state index in [-0.39, 0.29) is 5.69 Å². The van der Waals surface area contributed by atoms with Crippen LogP contribution in [0.25, 0.3) is 11.1 Å². The molecule has 0 saturated heterocycles. The number of hydrogen-bond acceptors (Lipinski definition) is 2. The fraction of sp³-hybridized carbons (Fsp3) is 0.0909. The first-order chi connectivity index (χ1) is 7.59. The number of benzene rings is 1. The van der Waals surface area contributed by atoms with Crippen molar-refractivity contribution in [1.82, 2.24) is 4.98 Å². The molecular weight excluding hydrogens is 228 g/mol. The number of nitro groups is 1. The molecule has 2 rings (SSSR count). The monoisotopic (exact) mass is 236 g/mol. The Hall–Kier alpha value is -1.81. The van der Waals surface area contributed by atoms with Crippen LogP contribution in [0.2, 0.25) is 5.02 Å². The van der Waals surface area contributed by atoms with Gasteiger partial charge < -0.3 is 4.98 Å². The molecule has 0 aliphatic rings. The maximum absolute atomic E-state index is 10.9. The van der Waals surface area contributed by atoms with Gasteiger partial charge in [-0.05, 0) is 24.6 Å². The minimum Gasteiger partial charge on any atom is -0.367 e. The van der Waals surface area contributed by atoms with Crippen molar-refractivity contribution >= 4 is 17.3 Å². The van der Waals surface area contributed by atoms with E-state index < -0.39 is 4.92 Å². The molecule has 0 fully saturated rings. The van der Waals surface area contributed by atoms with Gasteiger partial charge in [0.1, 0.15) is 0 Å². The van der Waals surface area contributed by atoms with E-state index in [0.717, 1.165) is 11.1 Å². The zero-order valence-corrected chi connectivity index (χ0v) is 9.28. The second-order valence-corrected chi connectivity index (χ2v) is 3.91. The zero-order chi connectivity index (χ0) is 11.7. The quantitative estimate of drug-likeness (QED) is 0.640. The van der Waals surface area contributed by atoms with Gasteiger partial charge in [0.05, 0.1) is 10.5 Å². The molecule has 0 atom stereocenters. The van der Waals surface area contributed by atoms with Crippen LogP contribution >= 0.6 is 11.6 Å². The highest BCUT2D eigenvalue weighted by Gasteiger charge is 2.17. The predicted octanol–water partition coefficient (Wildman–Crippen LogP) is 3.55. The van der Waals surface area contributed by atoms with Crippen LogP contribution in [0, 0.1) is 17.0 Å². The van der Waals surface area contributed by atoms with Gasteiger partial charge in [-0.3, -0.25) is 10.1 Å². The summed E-state index contributed by atoms with van der Waals surface area (Å²) in [4.78, 5) is 13.4. The van der Waals surface area contributed by atoms with Crippen molar-refractivity contribution in [2.24, 2.45) is 0 Å². The SMILES string of the molecule is Cc1c[nH]cc1-c1ccc(Cl)cc1[N+](=O)[O-]. The van der Waals surface area contributed by atoms with Crippen molar-refractivity contribution < 1.29 is 4.92 Å². The fourth-order valence-electron chi connectivity index (χ4n) is 1.62. The van der Waals surface area contributed by atoms with Crippen LogP contribution in [-0.2, 0) is 0 Å². The lowest BCUT2D eigenvalue weighted by atomic mass is 10.0. The van der Waals surface area contributed by atoms with Gasteiger partial charge in [0, 0.05) is 29.0 Å². The maximum Gasteiger partial charge on any atom is 0.278 e. The van der Waals surface area contributed by atoms with Gasteiger partial charge in [0.25, 0.3) is 5.69 Å². The summed E-state index contributed by atoms with van der Waals surface area (Å²) in [6, 6.07) is 4.68. The van der Waals surface area contributed by atoms with Crippen molar-refractivity contribution in [3.63, 3.8) is 0 Å². The molecule has 0 aliphatic heterocycles. The third-order valence-electron chi connectivity index (χ3n) is 2.40. The largest absolute Gasteiger partial charge is 0.367 e. The van der Waals surface area contributed by atoms with E-state index in [1.807, 2.05) is 6.92 Å². The number of rotatable bonds is 2. The average Bonchev–Trinajstić information content (AvgIpc) is 2.64. The molecule has 1 heterocycles. The molecule has 5 heteroatoms. The molecule has 82 valence electrons. The molecule has 16 heavy (non-hydrogen) atoms. The summed E-state index contributed by atoms with van der Waals surface area (Å²) >= 11 is 5.75. The number of H-pyrrole nitrogens is 1. The Morgan fingerprint density at radius 3 is 2.62 bits per heavy atom. The second-order valence-electron chi connectivity index (χ2n) is 3.47. The minimum absolute atomic E-state index is 0.0233. The first kappa shape index (κ1) is 10.7. The maximum atomic E-state index is 10.9. The third kappa shape index (κ3) is 1.79. The number of hydrogen-bond donors (Lipinski definition) is 1. The Bertz CT molecular complexity index is 549. The Morgan fingerprint density at radius 1 is 1.31 bits per heavy atom. The van der Waals surface area contributed by atoms with E-state index in [1.165, 1.54) is 6.07 Å². The molecule has 2 aromatic rings. The number of aromatic amines is 1. The van der Waals surface area contributed by atoms with Crippen LogP contribution < -0.4 is 0 Å². The molecule has 1 aromatic carbocycles. The molecule has 1 N–H and O–H groups in total. The summed E-state index contributed by atoms with van der Waals surface area (Å²) in [5.74, 6) is 0. The molecular formula is C11H9ClN2O2. The number of halogens is 1. The van der Waals surface area contributed by atoms with Crippen LogP contribution in [0.1, 0.15) is 5.56 Å². The summed E-state index contributed by atoms with van der Waals surface area (Å²) in [7, 11) is 0. The van der Waals surface area contributed by atoms with E-state index in [1.54, 1.807) is 24.5 Å². The predicted molar refractivity (Wildman–Crippen MR) is 62.6 cm³/mol. The summed E-state index contributed by atoms with van der Waals surface area (Å²) in [5.41, 5.74) is 2.39. The van der Waals surface area contributed by atoms with E-state index in [0.29, 0.717) is 10.6 Å². The number of aromatic nitrogens is 1. The van der Waals surface area contributed by atoms with Crippen molar-refractivity contribution in [2.75, 3.05) is 0 Å². The molecule has 0 bridgehead atoms. The topological polar surface area (TPSA) is 58.9 Å². The van der Waals surface area contributed by atoms with Crippen molar-refractivity contribution in [1.29, 1.82) is 0 Å². The van der Waals surface area contributed by atoms with E-state index in [9.17, 15) is 10.1 Å². The molecule has 4 nitrogen and oxygen atoms in total. The molecule has 0 unspecified atom stereocenters. The lowest BCUT2D eigenvalue weighted by Gasteiger charge is -2.02. The van der Waals surface area contributed by atoms with Gasteiger partial charge in [-0.2, -0.15) is 0 Å². The minimum atomic E-state index is -0.423. The third-order valence-corrected chi connectivity index (χ3v) is 2.63. The Morgan fingerprint density at radius 2 is 2.06 bits per heavy atom. The highest BCUT2D eigenvalue weighted by molar-refractivity contribution is 6.30. The van der Waals surface area contributed by atoms with E-state index >= 15 is 0 Å². The number of aryl methyl sites for hydroxylation is 1. The number of nitrogens with one attached hydrogen (secondary N) is 1. The van der Waals surface area contributed by atoms with Gasteiger partial charge in [0.2, 0.25) is 0 Å². The number of nitrogens with zero attached hydrogens (tertiary/aromatic N) is 1. The smallest absolute Gasteiger partial charge is 0.278 e. The van der Waals surface area contributed by atoms with Crippen LogP contribution in [0.4, 0.5) is 5.69 Å². The first-order valence-corrected chi connectivity index (χ1v) is 5.05. The van der Waals surface area contributed by atoms with Gasteiger partial charge in [-0.25, -0.2) is 0 Å². The molecule has 0 radical (unpaired) electrons. The van der Waals surface area contributed by atoms with Crippen LogP contribution in [0.3, 0.4) is 0 Å². The van der Waals surface area contributed by atoms with E-state index in [4.69, 9.17) is 11.6 Å². The zero-order valence-electron chi connectivity index (χ0n) is 8.53. The summed E-state index contributed by atoms with van der Waals surface area (Å²) in [6.45, 7) is 1.89. The van der Waals surface area contributed by atoms with Gasteiger partial charge in [-0.15, -0.1) is 0 Å². The van der Waals surface area contributed by atoms with Crippen molar-refractivity contribution in [2.45, 2.75) is 6.92 Å². The standard InChI is InChI=1S/C11H9ClN2O2/c1-7-5-13-6-10(7)9-3-2-8(12)4-11(9)14(15)16/h2-6,13H,1H3. The van der Waals surface area contributed by atoms with Gasteiger partial charge >= 0.3 is 0 Å². The van der Waals surface area contributed by atoms with Crippen LogP contribution in [0.5, 0.6) is 0 Å². The number of nitro benzene ring substituents is 1. The Balaban J connectivity index is 2.65. The molecule has 0 amide bonds. The molecule has 0 spiro atoms. The summed E-state index contributed by atoms with van der Waals surface area (Å²) < 4.78 is 0. The van der Waals surface area contributed by atoms with Crippen molar-refractivity contribution in [3.05, 3.63) is 51.3 Å².